The van der Waals surface area contributed by atoms with E-state index >= 15 is 0 Å². The lowest BCUT2D eigenvalue weighted by molar-refractivity contribution is -0.134. The zero-order valence-corrected chi connectivity index (χ0v) is 15.3. The van der Waals surface area contributed by atoms with E-state index in [1.54, 1.807) is 12.1 Å². The smallest absolute Gasteiger partial charge is 0.333 e. The number of halogens is 1. The standard InChI is InChI=1S/C16H17BrN2O5/c1-5-24-13-8-11(17)9(7-12(13)23-4)6-10-14(20)18(2)16(22)19(3)15(10)21/h6-8H,5H2,1-4H3. The molecule has 0 aliphatic carbocycles. The molecule has 2 rings (SSSR count). The van der Waals surface area contributed by atoms with Gasteiger partial charge in [-0.2, -0.15) is 0 Å². The van der Waals surface area contributed by atoms with Crippen LogP contribution in [0, 0.1) is 0 Å². The van der Waals surface area contributed by atoms with E-state index in [1.807, 2.05) is 6.92 Å². The zero-order chi connectivity index (χ0) is 18.0. The summed E-state index contributed by atoms with van der Waals surface area (Å²) >= 11 is 3.39. The van der Waals surface area contributed by atoms with Crippen LogP contribution in [-0.4, -0.2) is 55.5 Å². The molecule has 1 heterocycles. The first-order valence-corrected chi connectivity index (χ1v) is 7.93. The minimum absolute atomic E-state index is 0.105. The lowest BCUT2D eigenvalue weighted by Gasteiger charge is -2.29. The quantitative estimate of drug-likeness (QED) is 0.576. The predicted molar refractivity (Wildman–Crippen MR) is 90.8 cm³/mol. The Morgan fingerprint density at radius 2 is 1.67 bits per heavy atom. The van der Waals surface area contributed by atoms with Gasteiger partial charge in [0.25, 0.3) is 11.8 Å². The fraction of sp³-hybridized carbons (Fsp3) is 0.312. The molecule has 0 saturated carbocycles. The number of urea groups is 1. The van der Waals surface area contributed by atoms with Crippen molar-refractivity contribution in [2.24, 2.45) is 0 Å². The number of rotatable bonds is 4. The van der Waals surface area contributed by atoms with E-state index in [9.17, 15) is 14.4 Å². The molecule has 8 heteroatoms. The Bertz CT molecular complexity index is 718. The number of barbiturate groups is 1. The van der Waals surface area contributed by atoms with Crippen molar-refractivity contribution < 1.29 is 23.9 Å². The number of hydrogen-bond acceptors (Lipinski definition) is 5. The van der Waals surface area contributed by atoms with E-state index in [0.717, 1.165) is 9.80 Å². The molecule has 1 aromatic rings. The van der Waals surface area contributed by atoms with Gasteiger partial charge in [0.2, 0.25) is 0 Å². The van der Waals surface area contributed by atoms with E-state index < -0.39 is 17.8 Å². The van der Waals surface area contributed by atoms with Crippen molar-refractivity contribution in [3.63, 3.8) is 0 Å². The Labute approximate surface area is 147 Å². The van der Waals surface area contributed by atoms with Gasteiger partial charge in [-0.3, -0.25) is 19.4 Å². The highest BCUT2D eigenvalue weighted by molar-refractivity contribution is 9.10. The van der Waals surface area contributed by atoms with Gasteiger partial charge in [0, 0.05) is 18.6 Å². The van der Waals surface area contributed by atoms with Gasteiger partial charge < -0.3 is 9.47 Å². The van der Waals surface area contributed by atoms with Crippen LogP contribution in [-0.2, 0) is 9.59 Å². The molecule has 128 valence electrons. The number of hydrogen-bond donors (Lipinski definition) is 0. The molecule has 0 bridgehead atoms. The highest BCUT2D eigenvalue weighted by Gasteiger charge is 2.37. The summed E-state index contributed by atoms with van der Waals surface area (Å²) < 4.78 is 11.4. The van der Waals surface area contributed by atoms with E-state index in [1.165, 1.54) is 27.3 Å². The molecule has 0 aromatic heterocycles. The lowest BCUT2D eigenvalue weighted by atomic mass is 10.1. The number of benzene rings is 1. The summed E-state index contributed by atoms with van der Waals surface area (Å²) in [5, 5.41) is 0. The summed E-state index contributed by atoms with van der Waals surface area (Å²) in [4.78, 5) is 38.1. The van der Waals surface area contributed by atoms with Crippen LogP contribution < -0.4 is 9.47 Å². The van der Waals surface area contributed by atoms with Crippen molar-refractivity contribution >= 4 is 39.9 Å². The van der Waals surface area contributed by atoms with E-state index in [-0.39, 0.29) is 5.57 Å². The van der Waals surface area contributed by atoms with Gasteiger partial charge in [0.05, 0.1) is 13.7 Å². The molecule has 1 saturated heterocycles. The fourth-order valence-corrected chi connectivity index (χ4v) is 2.66. The van der Waals surface area contributed by atoms with Gasteiger partial charge in [0.15, 0.2) is 11.5 Å². The fourth-order valence-electron chi connectivity index (χ4n) is 2.22. The van der Waals surface area contributed by atoms with Crippen LogP contribution >= 0.6 is 15.9 Å². The minimum atomic E-state index is -0.662. The van der Waals surface area contributed by atoms with Crippen molar-refractivity contribution in [1.82, 2.24) is 9.80 Å². The number of methoxy groups -OCH3 is 1. The number of amides is 4. The minimum Gasteiger partial charge on any atom is -0.493 e. The van der Waals surface area contributed by atoms with Crippen LogP contribution in [0.3, 0.4) is 0 Å². The largest absolute Gasteiger partial charge is 0.493 e. The van der Waals surface area contributed by atoms with Crippen LogP contribution in [0.4, 0.5) is 4.79 Å². The summed E-state index contributed by atoms with van der Waals surface area (Å²) in [5.41, 5.74) is 0.453. The second-order valence-corrected chi connectivity index (χ2v) is 5.88. The highest BCUT2D eigenvalue weighted by atomic mass is 79.9. The van der Waals surface area contributed by atoms with Gasteiger partial charge in [-0.1, -0.05) is 15.9 Å². The molecule has 1 fully saturated rings. The Hall–Kier alpha value is -2.35. The Balaban J connectivity index is 2.52. The van der Waals surface area contributed by atoms with Crippen LogP contribution in [0.25, 0.3) is 6.08 Å². The van der Waals surface area contributed by atoms with Gasteiger partial charge in [-0.15, -0.1) is 0 Å². The van der Waals surface area contributed by atoms with Crippen LogP contribution in [0.5, 0.6) is 11.5 Å². The maximum atomic E-state index is 12.2. The van der Waals surface area contributed by atoms with Gasteiger partial charge in [-0.25, -0.2) is 4.79 Å². The number of ether oxygens (including phenoxy) is 2. The summed E-state index contributed by atoms with van der Waals surface area (Å²) in [6.45, 7) is 2.32. The van der Waals surface area contributed by atoms with Crippen molar-refractivity contribution in [3.8, 4) is 11.5 Å². The average molecular weight is 397 g/mol. The molecule has 24 heavy (non-hydrogen) atoms. The normalized spacial score (nSPS) is 15.0. The number of carbonyl (C=O) groups excluding carboxylic acids is 3. The molecule has 7 nitrogen and oxygen atoms in total. The van der Waals surface area contributed by atoms with Gasteiger partial charge >= 0.3 is 6.03 Å². The van der Waals surface area contributed by atoms with E-state index in [2.05, 4.69) is 15.9 Å². The summed E-state index contributed by atoms with van der Waals surface area (Å²) in [5.74, 6) is -0.286. The second kappa shape index (κ2) is 7.04. The molecule has 1 aliphatic rings. The van der Waals surface area contributed by atoms with Crippen molar-refractivity contribution in [2.75, 3.05) is 27.8 Å². The molecule has 0 radical (unpaired) electrons. The maximum absolute atomic E-state index is 12.2. The second-order valence-electron chi connectivity index (χ2n) is 5.03. The average Bonchev–Trinajstić information content (AvgIpc) is 2.57. The number of nitrogens with zero attached hydrogens (tertiary/aromatic N) is 2. The Morgan fingerprint density at radius 1 is 1.08 bits per heavy atom. The number of imide groups is 2. The summed E-state index contributed by atoms with van der Waals surface area (Å²) in [6.07, 6.45) is 1.42. The van der Waals surface area contributed by atoms with Crippen LogP contribution in [0.15, 0.2) is 22.2 Å². The first-order chi connectivity index (χ1) is 11.3. The molecule has 0 N–H and O–H groups in total. The molecule has 1 aromatic carbocycles. The molecule has 0 spiro atoms. The van der Waals surface area contributed by atoms with Crippen molar-refractivity contribution in [2.45, 2.75) is 6.92 Å². The zero-order valence-electron chi connectivity index (χ0n) is 13.8. The Kier molecular flexibility index (Phi) is 5.28. The molecular weight excluding hydrogens is 380 g/mol. The topological polar surface area (TPSA) is 76.2 Å². The Morgan fingerprint density at radius 3 is 2.17 bits per heavy atom. The van der Waals surface area contributed by atoms with Gasteiger partial charge in [0.1, 0.15) is 5.57 Å². The lowest BCUT2D eigenvalue weighted by Crippen LogP contribution is -2.52. The summed E-state index contributed by atoms with van der Waals surface area (Å²) in [7, 11) is 4.16. The van der Waals surface area contributed by atoms with Crippen molar-refractivity contribution in [3.05, 3.63) is 27.7 Å². The number of carbonyl (C=O) groups is 3. The third-order valence-electron chi connectivity index (χ3n) is 3.53. The maximum Gasteiger partial charge on any atom is 0.333 e. The SMILES string of the molecule is CCOc1cc(Br)c(C=C2C(=O)N(C)C(=O)N(C)C2=O)cc1OC. The van der Waals surface area contributed by atoms with E-state index in [4.69, 9.17) is 9.47 Å². The van der Waals surface area contributed by atoms with Crippen LogP contribution in [0.2, 0.25) is 0 Å². The highest BCUT2D eigenvalue weighted by Crippen LogP contribution is 2.35. The summed E-state index contributed by atoms with van der Waals surface area (Å²) in [6, 6.07) is 2.69. The van der Waals surface area contributed by atoms with Crippen molar-refractivity contribution in [1.29, 1.82) is 0 Å². The first-order valence-electron chi connectivity index (χ1n) is 7.13. The molecule has 0 atom stereocenters. The third kappa shape index (κ3) is 3.14. The molecular formula is C16H17BrN2O5. The van der Waals surface area contributed by atoms with Crippen LogP contribution in [0.1, 0.15) is 12.5 Å². The first kappa shape index (κ1) is 18.0. The molecule has 1 aliphatic heterocycles. The third-order valence-corrected chi connectivity index (χ3v) is 4.21. The molecule has 0 unspecified atom stereocenters. The molecule has 4 amide bonds. The van der Waals surface area contributed by atoms with E-state index in [0.29, 0.717) is 28.1 Å². The monoisotopic (exact) mass is 396 g/mol. The van der Waals surface area contributed by atoms with Gasteiger partial charge in [-0.05, 0) is 30.7 Å². The predicted octanol–water partition coefficient (Wildman–Crippen LogP) is 2.29. The number of likely N-dealkylation sites (N-methyl/N-ethyl adjacent to an activating group) is 2.